The van der Waals surface area contributed by atoms with Gasteiger partial charge in [0.05, 0.1) is 31.2 Å². The monoisotopic (exact) mass is 267 g/mol. The molecule has 0 saturated carbocycles. The molecule has 1 saturated heterocycles. The number of H-pyrrole nitrogens is 1. The molecule has 3 rings (SSSR count). The number of nitrogens with zero attached hydrogens (tertiary/aromatic N) is 2. The van der Waals surface area contributed by atoms with Crippen molar-refractivity contribution in [2.75, 3.05) is 13.2 Å². The van der Waals surface area contributed by atoms with E-state index in [4.69, 9.17) is 4.74 Å². The molecule has 4 heteroatoms. The van der Waals surface area contributed by atoms with Gasteiger partial charge >= 0.3 is 0 Å². The van der Waals surface area contributed by atoms with E-state index in [1.807, 2.05) is 6.20 Å². The molecule has 0 atom stereocenters. The molecule has 0 aliphatic carbocycles. The highest BCUT2D eigenvalue weighted by atomic mass is 16.5. The molecule has 1 aliphatic rings. The van der Waals surface area contributed by atoms with Crippen LogP contribution in [0.15, 0.2) is 18.3 Å². The Balaban J connectivity index is 2.06. The summed E-state index contributed by atoms with van der Waals surface area (Å²) >= 11 is 0. The summed E-state index contributed by atoms with van der Waals surface area (Å²) in [6, 6.07) is 6.64. The average molecular weight is 267 g/mol. The highest BCUT2D eigenvalue weighted by Crippen LogP contribution is 2.33. The SMILES string of the molecule is Cc1cc(C)c(-c2cnc(C3(C#N)COC3)[nH]2)c(C)c1. The van der Waals surface area contributed by atoms with Gasteiger partial charge in [-0.25, -0.2) is 4.98 Å². The van der Waals surface area contributed by atoms with Gasteiger partial charge in [0, 0.05) is 5.56 Å². The highest BCUT2D eigenvalue weighted by molar-refractivity contribution is 5.68. The van der Waals surface area contributed by atoms with Crippen LogP contribution in [0.2, 0.25) is 0 Å². The fourth-order valence-corrected chi connectivity index (χ4v) is 2.86. The predicted octanol–water partition coefficient (Wildman–Crippen LogP) is 2.79. The minimum absolute atomic E-state index is 0.419. The lowest BCUT2D eigenvalue weighted by Crippen LogP contribution is -2.46. The molecule has 0 radical (unpaired) electrons. The first kappa shape index (κ1) is 12.9. The molecule has 20 heavy (non-hydrogen) atoms. The third-order valence-electron chi connectivity index (χ3n) is 3.89. The Morgan fingerprint density at radius 3 is 2.40 bits per heavy atom. The molecule has 0 amide bonds. The van der Waals surface area contributed by atoms with E-state index in [1.54, 1.807) is 0 Å². The number of nitriles is 1. The largest absolute Gasteiger partial charge is 0.377 e. The van der Waals surface area contributed by atoms with Gasteiger partial charge in [-0.05, 0) is 31.9 Å². The zero-order chi connectivity index (χ0) is 14.3. The number of hydrogen-bond acceptors (Lipinski definition) is 3. The molecule has 0 spiro atoms. The maximum atomic E-state index is 9.33. The summed E-state index contributed by atoms with van der Waals surface area (Å²) in [6.45, 7) is 7.13. The minimum atomic E-state index is -0.593. The maximum absolute atomic E-state index is 9.33. The van der Waals surface area contributed by atoms with Crippen LogP contribution in [0.3, 0.4) is 0 Å². The average Bonchev–Trinajstić information content (AvgIpc) is 2.76. The van der Waals surface area contributed by atoms with Gasteiger partial charge in [-0.1, -0.05) is 17.7 Å². The normalized spacial score (nSPS) is 16.5. The van der Waals surface area contributed by atoms with E-state index in [0.29, 0.717) is 19.0 Å². The first-order valence-electron chi connectivity index (χ1n) is 6.68. The number of aromatic amines is 1. The molecular weight excluding hydrogens is 250 g/mol. The van der Waals surface area contributed by atoms with Crippen molar-refractivity contribution in [3.8, 4) is 17.3 Å². The molecule has 102 valence electrons. The number of imidazole rings is 1. The van der Waals surface area contributed by atoms with Gasteiger partial charge < -0.3 is 9.72 Å². The van der Waals surface area contributed by atoms with Gasteiger partial charge in [0.2, 0.25) is 0 Å². The van der Waals surface area contributed by atoms with Crippen LogP contribution >= 0.6 is 0 Å². The molecule has 1 aromatic carbocycles. The Morgan fingerprint density at radius 2 is 1.90 bits per heavy atom. The Labute approximate surface area is 118 Å². The first-order chi connectivity index (χ1) is 9.55. The molecule has 1 aromatic heterocycles. The molecule has 1 aliphatic heterocycles. The first-order valence-corrected chi connectivity index (χ1v) is 6.68. The number of aromatic nitrogens is 2. The fraction of sp³-hybridized carbons (Fsp3) is 0.375. The summed E-state index contributed by atoms with van der Waals surface area (Å²) in [6.07, 6.45) is 1.82. The third kappa shape index (κ3) is 1.83. The molecule has 4 nitrogen and oxygen atoms in total. The van der Waals surface area contributed by atoms with Gasteiger partial charge in [-0.15, -0.1) is 0 Å². The molecular formula is C16H17N3O. The van der Waals surface area contributed by atoms with E-state index in [0.717, 1.165) is 5.69 Å². The van der Waals surface area contributed by atoms with Crippen LogP contribution in [0.4, 0.5) is 0 Å². The van der Waals surface area contributed by atoms with E-state index in [1.165, 1.54) is 22.3 Å². The Bertz CT molecular complexity index is 682. The van der Waals surface area contributed by atoms with Crippen molar-refractivity contribution in [1.29, 1.82) is 5.26 Å². The van der Waals surface area contributed by atoms with Gasteiger partial charge in [0.15, 0.2) is 5.41 Å². The van der Waals surface area contributed by atoms with E-state index in [-0.39, 0.29) is 0 Å². The van der Waals surface area contributed by atoms with Gasteiger partial charge in [-0.2, -0.15) is 5.26 Å². The highest BCUT2D eigenvalue weighted by Gasteiger charge is 2.43. The maximum Gasteiger partial charge on any atom is 0.161 e. The second-order valence-electron chi connectivity index (χ2n) is 5.61. The molecule has 2 heterocycles. The van der Waals surface area contributed by atoms with Crippen molar-refractivity contribution in [1.82, 2.24) is 9.97 Å². The van der Waals surface area contributed by atoms with E-state index in [9.17, 15) is 5.26 Å². The van der Waals surface area contributed by atoms with Crippen LogP contribution in [-0.2, 0) is 10.2 Å². The number of hydrogen-bond donors (Lipinski definition) is 1. The topological polar surface area (TPSA) is 61.7 Å². The summed E-state index contributed by atoms with van der Waals surface area (Å²) in [5.74, 6) is 0.709. The van der Waals surface area contributed by atoms with Crippen molar-refractivity contribution in [3.05, 3.63) is 40.8 Å². The quantitative estimate of drug-likeness (QED) is 0.910. The summed E-state index contributed by atoms with van der Waals surface area (Å²) in [4.78, 5) is 7.71. The number of rotatable bonds is 2. The van der Waals surface area contributed by atoms with Crippen LogP contribution < -0.4 is 0 Å². The van der Waals surface area contributed by atoms with Crippen molar-refractivity contribution >= 4 is 0 Å². The summed E-state index contributed by atoms with van der Waals surface area (Å²) in [5, 5.41) is 9.33. The molecule has 0 unspecified atom stereocenters. The van der Waals surface area contributed by atoms with Gasteiger partial charge in [-0.3, -0.25) is 0 Å². The minimum Gasteiger partial charge on any atom is -0.377 e. The van der Waals surface area contributed by atoms with Gasteiger partial charge in [0.25, 0.3) is 0 Å². The molecule has 1 N–H and O–H groups in total. The van der Waals surface area contributed by atoms with E-state index in [2.05, 4.69) is 48.9 Å². The van der Waals surface area contributed by atoms with Crippen molar-refractivity contribution in [2.24, 2.45) is 0 Å². The van der Waals surface area contributed by atoms with Crippen LogP contribution in [0.25, 0.3) is 11.3 Å². The lowest BCUT2D eigenvalue weighted by Gasteiger charge is -2.32. The zero-order valence-corrected chi connectivity index (χ0v) is 11.9. The summed E-state index contributed by atoms with van der Waals surface area (Å²) in [5.41, 5.74) is 5.23. The third-order valence-corrected chi connectivity index (χ3v) is 3.89. The van der Waals surface area contributed by atoms with Crippen LogP contribution in [0, 0.1) is 32.1 Å². The van der Waals surface area contributed by atoms with E-state index >= 15 is 0 Å². The smallest absolute Gasteiger partial charge is 0.161 e. The summed E-state index contributed by atoms with van der Waals surface area (Å²) < 4.78 is 5.18. The molecule has 2 aromatic rings. The van der Waals surface area contributed by atoms with Gasteiger partial charge in [0.1, 0.15) is 5.82 Å². The van der Waals surface area contributed by atoms with Crippen LogP contribution in [0.5, 0.6) is 0 Å². The Morgan fingerprint density at radius 1 is 1.25 bits per heavy atom. The Kier molecular flexibility index (Phi) is 2.88. The lowest BCUT2D eigenvalue weighted by molar-refractivity contribution is -0.0335. The van der Waals surface area contributed by atoms with Crippen LogP contribution in [0.1, 0.15) is 22.5 Å². The molecule has 1 fully saturated rings. The second kappa shape index (κ2) is 4.46. The Hall–Kier alpha value is -2.12. The fourth-order valence-electron chi connectivity index (χ4n) is 2.86. The lowest BCUT2D eigenvalue weighted by atomic mass is 9.87. The number of aryl methyl sites for hydroxylation is 3. The van der Waals surface area contributed by atoms with Crippen molar-refractivity contribution in [3.63, 3.8) is 0 Å². The van der Waals surface area contributed by atoms with E-state index < -0.39 is 5.41 Å². The standard InChI is InChI=1S/C16H17N3O/c1-10-4-11(2)14(12(3)5-10)13-6-18-15(19-13)16(7-17)8-20-9-16/h4-6H,8-9H2,1-3H3,(H,18,19). The summed E-state index contributed by atoms with van der Waals surface area (Å²) in [7, 11) is 0. The number of benzene rings is 1. The van der Waals surface area contributed by atoms with Crippen molar-refractivity contribution in [2.45, 2.75) is 26.2 Å². The predicted molar refractivity (Wildman–Crippen MR) is 76.3 cm³/mol. The van der Waals surface area contributed by atoms with Crippen molar-refractivity contribution < 1.29 is 4.74 Å². The second-order valence-corrected chi connectivity index (χ2v) is 5.61. The number of nitrogens with one attached hydrogen (secondary N) is 1. The number of ether oxygens (including phenoxy) is 1. The zero-order valence-electron chi connectivity index (χ0n) is 11.9. The molecule has 0 bridgehead atoms. The van der Waals surface area contributed by atoms with Crippen LogP contribution in [-0.4, -0.2) is 23.2 Å².